The van der Waals surface area contributed by atoms with E-state index >= 15 is 0 Å². The van der Waals surface area contributed by atoms with Crippen molar-refractivity contribution in [3.63, 3.8) is 0 Å². The van der Waals surface area contributed by atoms with E-state index in [0.29, 0.717) is 5.56 Å². The van der Waals surface area contributed by atoms with Gasteiger partial charge in [0.15, 0.2) is 0 Å². The highest BCUT2D eigenvalue weighted by Crippen LogP contribution is 2.27. The summed E-state index contributed by atoms with van der Waals surface area (Å²) in [6.45, 7) is 0. The van der Waals surface area contributed by atoms with Crippen LogP contribution in [-0.2, 0) is 4.79 Å². The molecule has 4 rings (SSSR count). The minimum Gasteiger partial charge on any atom is -0.345 e. The van der Waals surface area contributed by atoms with Crippen molar-refractivity contribution in [2.24, 2.45) is 0 Å². The normalized spacial score (nSPS) is 12.5. The summed E-state index contributed by atoms with van der Waals surface area (Å²) in [5.74, 6) is -0.798. The third-order valence-corrected chi connectivity index (χ3v) is 6.21. The van der Waals surface area contributed by atoms with Gasteiger partial charge in [0.2, 0.25) is 5.91 Å². The van der Waals surface area contributed by atoms with Crippen molar-refractivity contribution in [2.45, 2.75) is 18.5 Å². The van der Waals surface area contributed by atoms with Crippen molar-refractivity contribution in [1.82, 2.24) is 10.6 Å². The molecule has 1 aromatic heterocycles. The highest BCUT2D eigenvalue weighted by molar-refractivity contribution is 7.10. The number of rotatable bonds is 8. The number of carbonyl (C=O) groups is 2. The van der Waals surface area contributed by atoms with E-state index in [1.54, 1.807) is 36.4 Å². The standard InChI is InChI=1S/C27H23FN2O2S/c28-22-15-13-20(14-16-22)26(24-12-7-17-33-24)30-25(31)18-23(19-8-3-1-4-9-19)29-27(32)21-10-5-2-6-11-21/h1-17,23,26H,18H2,(H,29,32)(H,30,31)/t23-,26+/m1/s1. The third-order valence-electron chi connectivity index (χ3n) is 5.27. The highest BCUT2D eigenvalue weighted by atomic mass is 32.1. The van der Waals surface area contributed by atoms with Gasteiger partial charge in [-0.25, -0.2) is 4.39 Å². The van der Waals surface area contributed by atoms with Gasteiger partial charge in [-0.15, -0.1) is 11.3 Å². The quantitative estimate of drug-likeness (QED) is 0.358. The molecule has 0 saturated carbocycles. The fourth-order valence-corrected chi connectivity index (χ4v) is 4.41. The first kappa shape index (κ1) is 22.4. The first-order valence-corrected chi connectivity index (χ1v) is 11.5. The van der Waals surface area contributed by atoms with Crippen molar-refractivity contribution in [2.75, 3.05) is 0 Å². The zero-order valence-electron chi connectivity index (χ0n) is 17.8. The molecule has 1 heterocycles. The monoisotopic (exact) mass is 458 g/mol. The van der Waals surface area contributed by atoms with Crippen LogP contribution in [0.2, 0.25) is 0 Å². The molecule has 0 aliphatic rings. The van der Waals surface area contributed by atoms with Gasteiger partial charge in [0.1, 0.15) is 5.82 Å². The molecule has 0 unspecified atom stereocenters. The molecule has 166 valence electrons. The number of halogens is 1. The Morgan fingerprint density at radius 1 is 0.758 bits per heavy atom. The van der Waals surface area contributed by atoms with Crippen molar-refractivity contribution in [3.05, 3.63) is 130 Å². The molecule has 0 radical (unpaired) electrons. The Labute approximate surface area is 196 Å². The molecule has 0 saturated heterocycles. The van der Waals surface area contributed by atoms with Gasteiger partial charge in [-0.05, 0) is 46.8 Å². The van der Waals surface area contributed by atoms with Crippen LogP contribution in [0.15, 0.2) is 102 Å². The molecule has 2 amide bonds. The summed E-state index contributed by atoms with van der Waals surface area (Å²) in [4.78, 5) is 26.9. The lowest BCUT2D eigenvalue weighted by atomic mass is 10.0. The molecular weight excluding hydrogens is 435 g/mol. The Morgan fingerprint density at radius 2 is 1.42 bits per heavy atom. The van der Waals surface area contributed by atoms with Crippen LogP contribution >= 0.6 is 11.3 Å². The van der Waals surface area contributed by atoms with Crippen LogP contribution in [-0.4, -0.2) is 11.8 Å². The van der Waals surface area contributed by atoms with Crippen LogP contribution < -0.4 is 10.6 Å². The average Bonchev–Trinajstić information content (AvgIpc) is 3.39. The van der Waals surface area contributed by atoms with E-state index < -0.39 is 12.1 Å². The van der Waals surface area contributed by atoms with Gasteiger partial charge >= 0.3 is 0 Å². The molecule has 3 aromatic carbocycles. The largest absolute Gasteiger partial charge is 0.345 e. The lowest BCUT2D eigenvalue weighted by Gasteiger charge is -2.22. The Hall–Kier alpha value is -3.77. The van der Waals surface area contributed by atoms with E-state index in [0.717, 1.165) is 16.0 Å². The summed E-state index contributed by atoms with van der Waals surface area (Å²) >= 11 is 1.52. The van der Waals surface area contributed by atoms with Gasteiger partial charge in [-0.1, -0.05) is 66.7 Å². The SMILES string of the molecule is O=C(C[C@@H](NC(=O)c1ccccc1)c1ccccc1)N[C@@H](c1ccc(F)cc1)c1cccs1. The topological polar surface area (TPSA) is 58.2 Å². The summed E-state index contributed by atoms with van der Waals surface area (Å²) < 4.78 is 13.5. The first-order chi connectivity index (χ1) is 16.1. The molecule has 0 bridgehead atoms. The van der Waals surface area contributed by atoms with Crippen LogP contribution in [0.5, 0.6) is 0 Å². The van der Waals surface area contributed by atoms with Crippen molar-refractivity contribution < 1.29 is 14.0 Å². The minimum absolute atomic E-state index is 0.0612. The minimum atomic E-state index is -0.504. The molecule has 33 heavy (non-hydrogen) atoms. The zero-order valence-corrected chi connectivity index (χ0v) is 18.6. The molecule has 0 aliphatic heterocycles. The van der Waals surface area contributed by atoms with E-state index in [-0.39, 0.29) is 24.1 Å². The van der Waals surface area contributed by atoms with E-state index in [1.807, 2.05) is 53.9 Å². The van der Waals surface area contributed by atoms with E-state index in [2.05, 4.69) is 10.6 Å². The predicted molar refractivity (Wildman–Crippen MR) is 128 cm³/mol. The average molecular weight is 459 g/mol. The first-order valence-electron chi connectivity index (χ1n) is 10.6. The summed E-state index contributed by atoms with van der Waals surface area (Å²) in [5, 5.41) is 7.99. The lowest BCUT2D eigenvalue weighted by Crippen LogP contribution is -2.35. The van der Waals surface area contributed by atoms with Crippen molar-refractivity contribution in [3.8, 4) is 0 Å². The maximum atomic E-state index is 13.5. The number of carbonyl (C=O) groups excluding carboxylic acids is 2. The Kier molecular flexibility index (Phi) is 7.27. The second kappa shape index (κ2) is 10.7. The number of amides is 2. The zero-order chi connectivity index (χ0) is 23.0. The number of hydrogen-bond donors (Lipinski definition) is 2. The van der Waals surface area contributed by atoms with Crippen LogP contribution in [0.25, 0.3) is 0 Å². The van der Waals surface area contributed by atoms with Gasteiger partial charge in [-0.3, -0.25) is 9.59 Å². The smallest absolute Gasteiger partial charge is 0.251 e. The lowest BCUT2D eigenvalue weighted by molar-refractivity contribution is -0.122. The summed E-state index contributed by atoms with van der Waals surface area (Å²) in [5.41, 5.74) is 2.16. The van der Waals surface area contributed by atoms with Gasteiger partial charge < -0.3 is 10.6 Å². The van der Waals surface area contributed by atoms with Crippen molar-refractivity contribution in [1.29, 1.82) is 0 Å². The molecule has 0 aliphatic carbocycles. The highest BCUT2D eigenvalue weighted by Gasteiger charge is 2.23. The van der Waals surface area contributed by atoms with Gasteiger partial charge in [0.25, 0.3) is 5.91 Å². The van der Waals surface area contributed by atoms with E-state index in [9.17, 15) is 14.0 Å². The molecule has 2 atom stereocenters. The Bertz CT molecular complexity index is 1180. The number of hydrogen-bond acceptors (Lipinski definition) is 3. The van der Waals surface area contributed by atoms with Crippen LogP contribution in [0.3, 0.4) is 0 Å². The molecule has 4 nitrogen and oxygen atoms in total. The third kappa shape index (κ3) is 5.93. The molecule has 0 spiro atoms. The second-order valence-electron chi connectivity index (χ2n) is 7.57. The number of benzene rings is 3. The van der Waals surface area contributed by atoms with Crippen LogP contribution in [0.4, 0.5) is 4.39 Å². The predicted octanol–water partition coefficient (Wildman–Crippen LogP) is 5.65. The van der Waals surface area contributed by atoms with Gasteiger partial charge in [-0.2, -0.15) is 0 Å². The van der Waals surface area contributed by atoms with Gasteiger partial charge in [0.05, 0.1) is 18.5 Å². The molecule has 6 heteroatoms. The molecule has 4 aromatic rings. The molecule has 2 N–H and O–H groups in total. The summed E-state index contributed by atoms with van der Waals surface area (Å²) in [6.07, 6.45) is 0.0612. The Balaban J connectivity index is 1.54. The fourth-order valence-electron chi connectivity index (χ4n) is 3.60. The molecular formula is C27H23FN2O2S. The fraction of sp³-hybridized carbons (Fsp3) is 0.111. The van der Waals surface area contributed by atoms with E-state index in [4.69, 9.17) is 0 Å². The van der Waals surface area contributed by atoms with Crippen LogP contribution in [0.1, 0.15) is 44.9 Å². The van der Waals surface area contributed by atoms with Gasteiger partial charge in [0, 0.05) is 10.4 Å². The number of thiophene rings is 1. The maximum absolute atomic E-state index is 13.5. The second-order valence-corrected chi connectivity index (χ2v) is 8.55. The Morgan fingerprint density at radius 3 is 2.06 bits per heavy atom. The van der Waals surface area contributed by atoms with E-state index in [1.165, 1.54) is 23.5 Å². The van der Waals surface area contributed by atoms with Crippen LogP contribution in [0, 0.1) is 5.82 Å². The maximum Gasteiger partial charge on any atom is 0.251 e. The van der Waals surface area contributed by atoms with Crippen molar-refractivity contribution >= 4 is 23.2 Å². The number of nitrogens with one attached hydrogen (secondary N) is 2. The summed E-state index contributed by atoms with van der Waals surface area (Å²) in [7, 11) is 0. The summed E-state index contributed by atoms with van der Waals surface area (Å²) in [6, 6.07) is 27.4. The molecule has 0 fully saturated rings.